The molecule has 1 aliphatic carbocycles. The molecule has 0 N–H and O–H groups in total. The first-order chi connectivity index (χ1) is 5.59. The fraction of sp³-hybridized carbons (Fsp3) is 0.429. The second-order valence-electron chi connectivity index (χ2n) is 2.24. The molecule has 0 aromatic carbocycles. The van der Waals surface area contributed by atoms with Crippen molar-refractivity contribution in [3.8, 4) is 0 Å². The van der Waals surface area contributed by atoms with Gasteiger partial charge >= 0.3 is 6.61 Å². The summed E-state index contributed by atoms with van der Waals surface area (Å²) in [6.45, 7) is -2.77. The third kappa shape index (κ3) is 2.75. The number of ether oxygens (including phenoxy) is 1. The van der Waals surface area contributed by atoms with Crippen molar-refractivity contribution in [3.05, 3.63) is 21.3 Å². The molecule has 1 rings (SSSR count). The second kappa shape index (κ2) is 4.23. The Bertz CT molecular complexity index is 238. The molecule has 0 fully saturated rings. The van der Waals surface area contributed by atoms with Crippen molar-refractivity contribution in [1.29, 1.82) is 0 Å². The Morgan fingerprint density at radius 1 is 1.50 bits per heavy atom. The highest BCUT2D eigenvalue weighted by Crippen LogP contribution is 2.31. The molecule has 0 saturated carbocycles. The monoisotopic (exact) mass is 258 g/mol. The molecule has 0 atom stereocenters. The fourth-order valence-corrected chi connectivity index (χ4v) is 1.77. The molecule has 0 bridgehead atoms. The molecule has 0 heterocycles. The van der Waals surface area contributed by atoms with E-state index in [1.807, 2.05) is 0 Å². The Kier molecular flexibility index (Phi) is 3.53. The maximum atomic E-state index is 11.8. The molecule has 68 valence electrons. The van der Waals surface area contributed by atoms with Gasteiger partial charge in [0, 0.05) is 11.5 Å². The van der Waals surface area contributed by atoms with E-state index < -0.39 is 6.61 Å². The lowest BCUT2D eigenvalue weighted by Gasteiger charge is -2.14. The zero-order chi connectivity index (χ0) is 9.14. The predicted octanol–water partition coefficient (Wildman–Crippen LogP) is 3.75. The predicted molar refractivity (Wildman–Crippen MR) is 46.2 cm³/mol. The van der Waals surface area contributed by atoms with E-state index in [0.29, 0.717) is 22.4 Å². The van der Waals surface area contributed by atoms with Gasteiger partial charge in [0.25, 0.3) is 0 Å². The Morgan fingerprint density at radius 3 is 2.67 bits per heavy atom. The lowest BCUT2D eigenvalue weighted by Crippen LogP contribution is -2.03. The van der Waals surface area contributed by atoms with E-state index in [9.17, 15) is 8.78 Å². The first kappa shape index (κ1) is 9.99. The standard InChI is InChI=1S/C7H6BrClF2O/c8-5-3-4(9)1-2-6(5)12-7(10)11/h3,7H,1-2H2. The van der Waals surface area contributed by atoms with Gasteiger partial charge in [0.1, 0.15) is 5.76 Å². The third-order valence-corrected chi connectivity index (χ3v) is 2.34. The fourth-order valence-electron chi connectivity index (χ4n) is 0.865. The summed E-state index contributed by atoms with van der Waals surface area (Å²) in [6, 6.07) is 0. The van der Waals surface area contributed by atoms with Crippen LogP contribution in [0.4, 0.5) is 8.78 Å². The molecular formula is C7H6BrClF2O. The molecule has 0 aliphatic heterocycles. The van der Waals surface area contributed by atoms with Gasteiger partial charge in [-0.25, -0.2) is 0 Å². The third-order valence-electron chi connectivity index (χ3n) is 1.37. The van der Waals surface area contributed by atoms with Crippen LogP contribution < -0.4 is 0 Å². The van der Waals surface area contributed by atoms with Crippen LogP contribution in [0.5, 0.6) is 0 Å². The molecule has 0 spiro atoms. The summed E-state index contributed by atoms with van der Waals surface area (Å²) >= 11 is 8.75. The van der Waals surface area contributed by atoms with Crippen molar-refractivity contribution in [3.63, 3.8) is 0 Å². The van der Waals surface area contributed by atoms with Crippen LogP contribution in [-0.4, -0.2) is 6.61 Å². The molecule has 0 saturated heterocycles. The van der Waals surface area contributed by atoms with Crippen molar-refractivity contribution in [2.75, 3.05) is 0 Å². The summed E-state index contributed by atoms with van der Waals surface area (Å²) in [5, 5.41) is 0.642. The normalized spacial score (nSPS) is 18.2. The van der Waals surface area contributed by atoms with Crippen LogP contribution in [0.15, 0.2) is 21.3 Å². The molecule has 0 aromatic rings. The molecule has 5 heteroatoms. The molecule has 0 radical (unpaired) electrons. The minimum atomic E-state index is -2.77. The number of hydrogen-bond donors (Lipinski definition) is 0. The van der Waals surface area contributed by atoms with E-state index in [4.69, 9.17) is 11.6 Å². The van der Waals surface area contributed by atoms with E-state index in [-0.39, 0.29) is 5.76 Å². The molecule has 1 nitrogen and oxygen atoms in total. The number of hydrogen-bond acceptors (Lipinski definition) is 1. The van der Waals surface area contributed by atoms with E-state index in [2.05, 4.69) is 20.7 Å². The van der Waals surface area contributed by atoms with Gasteiger partial charge < -0.3 is 4.74 Å². The van der Waals surface area contributed by atoms with Crippen molar-refractivity contribution in [1.82, 2.24) is 0 Å². The number of allylic oxidation sites excluding steroid dienone is 4. The lowest BCUT2D eigenvalue weighted by molar-refractivity contribution is -0.0987. The Labute approximate surface area is 82.2 Å². The summed E-state index contributed by atoms with van der Waals surface area (Å²) in [5.74, 6) is 0.259. The van der Waals surface area contributed by atoms with Crippen LogP contribution in [0.1, 0.15) is 12.8 Å². The minimum Gasteiger partial charge on any atom is -0.438 e. The largest absolute Gasteiger partial charge is 0.438 e. The second-order valence-corrected chi connectivity index (χ2v) is 3.58. The van der Waals surface area contributed by atoms with Gasteiger partial charge in [-0.2, -0.15) is 8.78 Å². The number of halogens is 4. The first-order valence-corrected chi connectivity index (χ1v) is 4.46. The highest BCUT2D eigenvalue weighted by Gasteiger charge is 2.15. The number of alkyl halides is 2. The molecule has 12 heavy (non-hydrogen) atoms. The maximum absolute atomic E-state index is 11.8. The molecular weight excluding hydrogens is 253 g/mol. The molecule has 0 aromatic heterocycles. The van der Waals surface area contributed by atoms with E-state index in [1.165, 1.54) is 0 Å². The van der Waals surface area contributed by atoms with E-state index in [0.717, 1.165) is 0 Å². The summed E-state index contributed by atoms with van der Waals surface area (Å²) in [7, 11) is 0. The van der Waals surface area contributed by atoms with Gasteiger partial charge in [-0.3, -0.25) is 0 Å². The smallest absolute Gasteiger partial charge is 0.387 e. The minimum absolute atomic E-state index is 0.259. The van der Waals surface area contributed by atoms with Crippen molar-refractivity contribution in [2.45, 2.75) is 19.5 Å². The summed E-state index contributed by atoms with van der Waals surface area (Å²) < 4.78 is 28.3. The van der Waals surface area contributed by atoms with Gasteiger partial charge in [0.15, 0.2) is 0 Å². The van der Waals surface area contributed by atoms with Crippen LogP contribution in [0.2, 0.25) is 0 Å². The van der Waals surface area contributed by atoms with Crippen molar-refractivity contribution in [2.24, 2.45) is 0 Å². The molecule has 0 unspecified atom stereocenters. The lowest BCUT2D eigenvalue weighted by atomic mass is 10.1. The van der Waals surface area contributed by atoms with Crippen LogP contribution in [0.25, 0.3) is 0 Å². The van der Waals surface area contributed by atoms with Crippen molar-refractivity contribution >= 4 is 27.5 Å². The Hall–Kier alpha value is -0.0900. The zero-order valence-corrected chi connectivity index (χ0v) is 8.33. The quantitative estimate of drug-likeness (QED) is 0.734. The van der Waals surface area contributed by atoms with Crippen LogP contribution >= 0.6 is 27.5 Å². The van der Waals surface area contributed by atoms with E-state index in [1.54, 1.807) is 6.08 Å². The van der Waals surface area contributed by atoms with Gasteiger partial charge in [-0.05, 0) is 28.4 Å². The SMILES string of the molecule is FC(F)OC1=C(Br)C=C(Cl)CC1. The Morgan fingerprint density at radius 2 is 2.17 bits per heavy atom. The highest BCUT2D eigenvalue weighted by atomic mass is 79.9. The first-order valence-electron chi connectivity index (χ1n) is 3.29. The molecule has 1 aliphatic rings. The van der Waals surface area contributed by atoms with Gasteiger partial charge in [-0.1, -0.05) is 11.6 Å². The summed E-state index contributed by atoms with van der Waals surface area (Å²) in [6.07, 6.45) is 2.54. The van der Waals surface area contributed by atoms with Crippen LogP contribution in [0, 0.1) is 0 Å². The van der Waals surface area contributed by atoms with Gasteiger partial charge in [-0.15, -0.1) is 0 Å². The zero-order valence-electron chi connectivity index (χ0n) is 5.99. The number of rotatable bonds is 2. The topological polar surface area (TPSA) is 9.23 Å². The van der Waals surface area contributed by atoms with Crippen molar-refractivity contribution < 1.29 is 13.5 Å². The summed E-state index contributed by atoms with van der Waals surface area (Å²) in [5.41, 5.74) is 0. The Balaban J connectivity index is 2.69. The van der Waals surface area contributed by atoms with Gasteiger partial charge in [0.05, 0.1) is 4.48 Å². The summed E-state index contributed by atoms with van der Waals surface area (Å²) in [4.78, 5) is 0. The van der Waals surface area contributed by atoms with Gasteiger partial charge in [0.2, 0.25) is 0 Å². The van der Waals surface area contributed by atoms with E-state index >= 15 is 0 Å². The average molecular weight is 259 g/mol. The average Bonchev–Trinajstić information content (AvgIpc) is 1.94. The highest BCUT2D eigenvalue weighted by molar-refractivity contribution is 9.11. The van der Waals surface area contributed by atoms with Crippen LogP contribution in [-0.2, 0) is 4.74 Å². The maximum Gasteiger partial charge on any atom is 0.387 e. The van der Waals surface area contributed by atoms with Crippen LogP contribution in [0.3, 0.4) is 0 Å². The molecule has 0 amide bonds.